The monoisotopic (exact) mass is 394 g/mol. The number of methoxy groups -OCH3 is 1. The minimum absolute atomic E-state index is 0.0947. The number of nitrogens with two attached hydrogens (primary N) is 1. The van der Waals surface area contributed by atoms with Gasteiger partial charge in [-0.15, -0.1) is 11.3 Å². The summed E-state index contributed by atoms with van der Waals surface area (Å²) in [6, 6.07) is 6.38. The third-order valence-corrected chi connectivity index (χ3v) is 7.32. The highest BCUT2D eigenvalue weighted by atomic mass is 32.2. The predicted molar refractivity (Wildman–Crippen MR) is 101 cm³/mol. The topological polar surface area (TPSA) is 89.7 Å². The van der Waals surface area contributed by atoms with E-state index in [9.17, 15) is 13.2 Å². The molecule has 8 heteroatoms. The van der Waals surface area contributed by atoms with Crippen LogP contribution in [-0.4, -0.2) is 32.9 Å². The molecular weight excluding hydrogens is 372 g/mol. The van der Waals surface area contributed by atoms with E-state index < -0.39 is 16.0 Å². The van der Waals surface area contributed by atoms with Crippen LogP contribution in [0.5, 0.6) is 0 Å². The number of primary sulfonamides is 1. The van der Waals surface area contributed by atoms with E-state index >= 15 is 0 Å². The summed E-state index contributed by atoms with van der Waals surface area (Å²) in [5.74, 6) is -0.644. The number of fused-ring (bicyclic) bond motifs is 1. The molecule has 0 saturated heterocycles. The molecule has 140 valence electrons. The summed E-state index contributed by atoms with van der Waals surface area (Å²) in [7, 11) is -2.73. The number of nitrogens with zero attached hydrogens (tertiary/aromatic N) is 1. The van der Waals surface area contributed by atoms with Gasteiger partial charge in [0.15, 0.2) is 0 Å². The number of carbonyl (C=O) groups is 1. The first-order chi connectivity index (χ1) is 12.2. The van der Waals surface area contributed by atoms with Gasteiger partial charge in [-0.1, -0.05) is 23.8 Å². The summed E-state index contributed by atoms with van der Waals surface area (Å²) in [4.78, 5) is 15.2. The van der Waals surface area contributed by atoms with Gasteiger partial charge < -0.3 is 4.74 Å². The van der Waals surface area contributed by atoms with Crippen molar-refractivity contribution in [1.82, 2.24) is 4.90 Å². The predicted octanol–water partition coefficient (Wildman–Crippen LogP) is 2.36. The van der Waals surface area contributed by atoms with Crippen molar-refractivity contribution >= 4 is 27.3 Å². The van der Waals surface area contributed by atoms with Crippen molar-refractivity contribution in [3.05, 3.63) is 50.9 Å². The Bertz CT molecular complexity index is 964. The van der Waals surface area contributed by atoms with Crippen molar-refractivity contribution in [2.24, 2.45) is 5.14 Å². The van der Waals surface area contributed by atoms with Gasteiger partial charge in [0.1, 0.15) is 4.21 Å². The molecule has 2 N–H and O–H groups in total. The zero-order chi connectivity index (χ0) is 19.1. The van der Waals surface area contributed by atoms with Gasteiger partial charge in [0, 0.05) is 24.5 Å². The van der Waals surface area contributed by atoms with Gasteiger partial charge in [-0.3, -0.25) is 4.90 Å². The third-order valence-electron chi connectivity index (χ3n) is 4.64. The molecule has 6 nitrogen and oxygen atoms in total. The molecule has 0 fully saturated rings. The Morgan fingerprint density at radius 1 is 1.35 bits per heavy atom. The number of hydrogen-bond acceptors (Lipinski definition) is 6. The molecule has 2 heterocycles. The van der Waals surface area contributed by atoms with Crippen molar-refractivity contribution in [3.8, 4) is 0 Å². The highest BCUT2D eigenvalue weighted by molar-refractivity contribution is 7.91. The van der Waals surface area contributed by atoms with E-state index in [-0.39, 0.29) is 9.77 Å². The quantitative estimate of drug-likeness (QED) is 0.804. The zero-order valence-electron chi connectivity index (χ0n) is 15.0. The average Bonchev–Trinajstić information content (AvgIpc) is 2.96. The first-order valence-corrected chi connectivity index (χ1v) is 10.6. The molecule has 0 spiro atoms. The van der Waals surface area contributed by atoms with Crippen LogP contribution in [0.4, 0.5) is 0 Å². The van der Waals surface area contributed by atoms with E-state index in [2.05, 4.69) is 36.9 Å². The number of rotatable bonds is 4. The molecule has 0 unspecified atom stereocenters. The van der Waals surface area contributed by atoms with Gasteiger partial charge in [-0.2, -0.15) is 0 Å². The van der Waals surface area contributed by atoms with Gasteiger partial charge in [0.25, 0.3) is 0 Å². The molecule has 1 aromatic carbocycles. The molecule has 0 radical (unpaired) electrons. The maximum Gasteiger partial charge on any atom is 0.340 e. The molecule has 0 amide bonds. The van der Waals surface area contributed by atoms with Crippen molar-refractivity contribution < 1.29 is 17.9 Å². The van der Waals surface area contributed by atoms with Crippen LogP contribution in [-0.2, 0) is 34.3 Å². The number of carbonyl (C=O) groups excluding carboxylic acids is 1. The van der Waals surface area contributed by atoms with Gasteiger partial charge >= 0.3 is 5.97 Å². The lowest BCUT2D eigenvalue weighted by Crippen LogP contribution is -2.30. The lowest BCUT2D eigenvalue weighted by Gasteiger charge is -2.27. The summed E-state index contributed by atoms with van der Waals surface area (Å²) in [5, 5.41) is 5.32. The third kappa shape index (κ3) is 3.68. The minimum Gasteiger partial charge on any atom is -0.465 e. The Morgan fingerprint density at radius 2 is 2.08 bits per heavy atom. The van der Waals surface area contributed by atoms with Crippen LogP contribution >= 0.6 is 11.3 Å². The molecule has 0 saturated carbocycles. The maximum absolute atomic E-state index is 12.1. The Morgan fingerprint density at radius 3 is 2.69 bits per heavy atom. The summed E-state index contributed by atoms with van der Waals surface area (Å²) in [6.45, 7) is 6.27. The van der Waals surface area contributed by atoms with E-state index in [0.29, 0.717) is 13.0 Å². The second-order valence-corrected chi connectivity index (χ2v) is 9.46. The van der Waals surface area contributed by atoms with E-state index in [4.69, 9.17) is 9.88 Å². The van der Waals surface area contributed by atoms with E-state index in [1.807, 2.05) is 0 Å². The highest BCUT2D eigenvalue weighted by Gasteiger charge is 2.32. The summed E-state index contributed by atoms with van der Waals surface area (Å²) >= 11 is 1.08. The summed E-state index contributed by atoms with van der Waals surface area (Å²) in [5.41, 5.74) is 4.58. The average molecular weight is 395 g/mol. The number of benzene rings is 1. The molecule has 1 aromatic heterocycles. The number of ether oxygens (including phenoxy) is 1. The van der Waals surface area contributed by atoms with Crippen LogP contribution in [0.2, 0.25) is 0 Å². The van der Waals surface area contributed by atoms with E-state index in [1.165, 1.54) is 23.8 Å². The van der Waals surface area contributed by atoms with E-state index in [1.54, 1.807) is 0 Å². The van der Waals surface area contributed by atoms with Gasteiger partial charge in [0.05, 0.1) is 12.7 Å². The maximum atomic E-state index is 12.1. The molecule has 2 aromatic rings. The smallest absolute Gasteiger partial charge is 0.340 e. The Labute approximate surface area is 157 Å². The number of thiophene rings is 1. The number of esters is 1. The van der Waals surface area contributed by atoms with Crippen molar-refractivity contribution in [2.75, 3.05) is 13.7 Å². The summed E-state index contributed by atoms with van der Waals surface area (Å²) < 4.78 is 28.5. The standard InChI is InChI=1S/C18H22N2O4S2/c1-11-4-5-13(12(2)8-11)9-20-7-6-14-15(10-20)25-18(26(19,22)23)16(14)17(21)24-3/h4-5,8H,6-7,9-10H2,1-3H3,(H2,19,22,23). The minimum atomic E-state index is -3.97. The molecule has 0 atom stereocenters. The van der Waals surface area contributed by atoms with Crippen LogP contribution < -0.4 is 5.14 Å². The van der Waals surface area contributed by atoms with Gasteiger partial charge in [0.2, 0.25) is 10.0 Å². The molecule has 26 heavy (non-hydrogen) atoms. The van der Waals surface area contributed by atoms with Crippen molar-refractivity contribution in [2.45, 2.75) is 37.6 Å². The Hall–Kier alpha value is -1.74. The van der Waals surface area contributed by atoms with Gasteiger partial charge in [-0.25, -0.2) is 18.4 Å². The van der Waals surface area contributed by atoms with Crippen LogP contribution in [0.3, 0.4) is 0 Å². The first-order valence-electron chi connectivity index (χ1n) is 8.25. The SMILES string of the molecule is COC(=O)c1c(S(N)(=O)=O)sc2c1CCN(Cc1ccc(C)cc1C)C2. The van der Waals surface area contributed by atoms with Crippen LogP contribution in [0.25, 0.3) is 0 Å². The van der Waals surface area contributed by atoms with Gasteiger partial charge in [-0.05, 0) is 37.0 Å². The fourth-order valence-corrected chi connectivity index (χ4v) is 5.70. The molecule has 0 bridgehead atoms. The zero-order valence-corrected chi connectivity index (χ0v) is 16.7. The Balaban J connectivity index is 1.91. The number of hydrogen-bond donors (Lipinski definition) is 1. The second-order valence-electron chi connectivity index (χ2n) is 6.59. The lowest BCUT2D eigenvalue weighted by molar-refractivity contribution is 0.0595. The van der Waals surface area contributed by atoms with Crippen LogP contribution in [0, 0.1) is 13.8 Å². The first kappa shape index (κ1) is 19.0. The van der Waals surface area contributed by atoms with E-state index in [0.717, 1.165) is 34.9 Å². The largest absolute Gasteiger partial charge is 0.465 e. The second kappa shape index (κ2) is 7.11. The Kier molecular flexibility index (Phi) is 5.21. The fraction of sp³-hybridized carbons (Fsp3) is 0.389. The molecule has 1 aliphatic rings. The number of sulfonamides is 1. The highest BCUT2D eigenvalue weighted by Crippen LogP contribution is 2.36. The molecule has 3 rings (SSSR count). The molecular formula is C18H22N2O4S2. The summed E-state index contributed by atoms with van der Waals surface area (Å²) in [6.07, 6.45) is 0.594. The molecule has 1 aliphatic heterocycles. The number of aryl methyl sites for hydroxylation is 2. The normalized spacial score (nSPS) is 14.9. The van der Waals surface area contributed by atoms with Crippen LogP contribution in [0.15, 0.2) is 22.4 Å². The van der Waals surface area contributed by atoms with Crippen molar-refractivity contribution in [3.63, 3.8) is 0 Å². The van der Waals surface area contributed by atoms with Crippen molar-refractivity contribution in [1.29, 1.82) is 0 Å². The van der Waals surface area contributed by atoms with Crippen LogP contribution in [0.1, 0.15) is 37.5 Å². The lowest BCUT2D eigenvalue weighted by atomic mass is 10.0. The fourth-order valence-electron chi connectivity index (χ4n) is 3.34. The molecule has 0 aliphatic carbocycles.